The van der Waals surface area contributed by atoms with Crippen LogP contribution in [0.4, 0.5) is 11.5 Å². The average molecular weight is 255 g/mol. The van der Waals surface area contributed by atoms with Crippen LogP contribution in [0.1, 0.15) is 28.5 Å². The smallest absolute Gasteiger partial charge is 0.255 e. The third kappa shape index (κ3) is 3.31. The molecule has 0 fully saturated rings. The summed E-state index contributed by atoms with van der Waals surface area (Å²) in [6.07, 6.45) is 0.746. The Bertz CT molecular complexity index is 608. The van der Waals surface area contributed by atoms with Crippen molar-refractivity contribution in [2.24, 2.45) is 0 Å². The monoisotopic (exact) mass is 255 g/mol. The molecule has 0 aliphatic heterocycles. The van der Waals surface area contributed by atoms with Crippen LogP contribution in [-0.4, -0.2) is 10.9 Å². The zero-order chi connectivity index (χ0) is 13.8. The van der Waals surface area contributed by atoms with Crippen molar-refractivity contribution in [3.8, 4) is 0 Å². The number of carbonyl (C=O) groups is 1. The Labute approximate surface area is 112 Å². The highest BCUT2D eigenvalue weighted by Crippen LogP contribution is 2.13. The Morgan fingerprint density at radius 1 is 1.32 bits per heavy atom. The van der Waals surface area contributed by atoms with E-state index >= 15 is 0 Å². The highest BCUT2D eigenvalue weighted by Gasteiger charge is 2.08. The number of nitrogens with one attached hydrogen (secondary N) is 1. The first-order valence-corrected chi connectivity index (χ1v) is 6.23. The molecule has 0 saturated heterocycles. The quantitative estimate of drug-likeness (QED) is 0.886. The van der Waals surface area contributed by atoms with Gasteiger partial charge in [-0.05, 0) is 43.2 Å². The van der Waals surface area contributed by atoms with Gasteiger partial charge in [0.1, 0.15) is 5.82 Å². The number of nitrogens with zero attached hydrogens (tertiary/aromatic N) is 1. The molecule has 98 valence electrons. The molecule has 0 unspecified atom stereocenters. The molecule has 2 aromatic rings. The second-order valence-electron chi connectivity index (χ2n) is 4.45. The van der Waals surface area contributed by atoms with Gasteiger partial charge < -0.3 is 11.1 Å². The van der Waals surface area contributed by atoms with E-state index in [1.807, 2.05) is 38.1 Å². The van der Waals surface area contributed by atoms with Crippen LogP contribution in [0.2, 0.25) is 0 Å². The number of carbonyl (C=O) groups excluding carboxylic acids is 1. The van der Waals surface area contributed by atoms with E-state index in [1.54, 1.807) is 12.1 Å². The molecule has 2 rings (SSSR count). The largest absolute Gasteiger partial charge is 0.384 e. The summed E-state index contributed by atoms with van der Waals surface area (Å²) in [6, 6.07) is 11.0. The lowest BCUT2D eigenvalue weighted by Gasteiger charge is -2.08. The predicted octanol–water partition coefficient (Wildman–Crippen LogP) is 2.79. The van der Waals surface area contributed by atoms with E-state index in [4.69, 9.17) is 5.73 Å². The van der Waals surface area contributed by atoms with Gasteiger partial charge in [0.2, 0.25) is 0 Å². The minimum absolute atomic E-state index is 0.172. The van der Waals surface area contributed by atoms with Crippen LogP contribution in [0.5, 0.6) is 0 Å². The number of amides is 1. The molecule has 0 saturated carbocycles. The first kappa shape index (κ1) is 13.1. The Balaban J connectivity index is 2.22. The molecule has 0 bridgehead atoms. The van der Waals surface area contributed by atoms with E-state index in [-0.39, 0.29) is 5.91 Å². The van der Waals surface area contributed by atoms with E-state index in [0.717, 1.165) is 23.4 Å². The third-order valence-corrected chi connectivity index (χ3v) is 2.80. The molecule has 1 aromatic carbocycles. The first-order valence-electron chi connectivity index (χ1n) is 6.23. The van der Waals surface area contributed by atoms with Crippen molar-refractivity contribution in [1.82, 2.24) is 4.98 Å². The summed E-state index contributed by atoms with van der Waals surface area (Å²) in [4.78, 5) is 16.3. The standard InChI is InChI=1S/C15H17N3O/c1-3-12-8-11(9-14(16)17-12)15(19)18-13-6-4-5-10(2)7-13/h4-9H,3H2,1-2H3,(H2,16,17)(H,18,19). The van der Waals surface area contributed by atoms with E-state index in [0.29, 0.717) is 11.4 Å². The molecular formula is C15H17N3O. The van der Waals surface area contributed by atoms with Crippen LogP contribution in [-0.2, 0) is 6.42 Å². The summed E-state index contributed by atoms with van der Waals surface area (Å²) < 4.78 is 0. The molecule has 4 heteroatoms. The molecule has 3 N–H and O–H groups in total. The fourth-order valence-electron chi connectivity index (χ4n) is 1.85. The van der Waals surface area contributed by atoms with Gasteiger partial charge in [-0.25, -0.2) is 4.98 Å². The molecule has 1 aromatic heterocycles. The molecular weight excluding hydrogens is 238 g/mol. The first-order chi connectivity index (χ1) is 9.08. The number of pyridine rings is 1. The number of aryl methyl sites for hydroxylation is 2. The highest BCUT2D eigenvalue weighted by molar-refractivity contribution is 6.04. The van der Waals surface area contributed by atoms with Crippen molar-refractivity contribution >= 4 is 17.4 Å². The molecule has 1 amide bonds. The molecule has 0 atom stereocenters. The molecule has 0 radical (unpaired) electrons. The minimum Gasteiger partial charge on any atom is -0.384 e. The Morgan fingerprint density at radius 2 is 2.11 bits per heavy atom. The maximum atomic E-state index is 12.2. The topological polar surface area (TPSA) is 68.0 Å². The van der Waals surface area contributed by atoms with Crippen molar-refractivity contribution < 1.29 is 4.79 Å². The zero-order valence-electron chi connectivity index (χ0n) is 11.1. The van der Waals surface area contributed by atoms with Crippen LogP contribution in [0.3, 0.4) is 0 Å². The summed E-state index contributed by atoms with van der Waals surface area (Å²) in [5.41, 5.74) is 8.92. The second-order valence-corrected chi connectivity index (χ2v) is 4.45. The van der Waals surface area contributed by atoms with Crippen molar-refractivity contribution in [3.05, 3.63) is 53.2 Å². The van der Waals surface area contributed by atoms with Crippen molar-refractivity contribution in [2.75, 3.05) is 11.1 Å². The number of nitrogen functional groups attached to an aromatic ring is 1. The summed E-state index contributed by atoms with van der Waals surface area (Å²) in [6.45, 7) is 3.96. The summed E-state index contributed by atoms with van der Waals surface area (Å²) in [5.74, 6) is 0.197. The normalized spacial score (nSPS) is 10.2. The Morgan fingerprint density at radius 3 is 2.79 bits per heavy atom. The van der Waals surface area contributed by atoms with E-state index in [9.17, 15) is 4.79 Å². The molecule has 0 spiro atoms. The van der Waals surface area contributed by atoms with Gasteiger partial charge in [-0.3, -0.25) is 4.79 Å². The van der Waals surface area contributed by atoms with Crippen LogP contribution in [0, 0.1) is 6.92 Å². The number of benzene rings is 1. The van der Waals surface area contributed by atoms with Gasteiger partial charge in [0, 0.05) is 16.9 Å². The Hall–Kier alpha value is -2.36. The predicted molar refractivity (Wildman–Crippen MR) is 77.2 cm³/mol. The van der Waals surface area contributed by atoms with Gasteiger partial charge in [0.15, 0.2) is 0 Å². The van der Waals surface area contributed by atoms with Gasteiger partial charge in [0.05, 0.1) is 0 Å². The van der Waals surface area contributed by atoms with Gasteiger partial charge in [-0.15, -0.1) is 0 Å². The zero-order valence-corrected chi connectivity index (χ0v) is 11.1. The van der Waals surface area contributed by atoms with Gasteiger partial charge in [-0.2, -0.15) is 0 Å². The lowest BCUT2D eigenvalue weighted by Crippen LogP contribution is -2.13. The summed E-state index contributed by atoms with van der Waals surface area (Å²) in [5, 5.41) is 2.86. The maximum absolute atomic E-state index is 12.2. The number of anilines is 2. The third-order valence-electron chi connectivity index (χ3n) is 2.80. The van der Waals surface area contributed by atoms with Crippen LogP contribution in [0.25, 0.3) is 0 Å². The van der Waals surface area contributed by atoms with Gasteiger partial charge >= 0.3 is 0 Å². The lowest BCUT2D eigenvalue weighted by molar-refractivity contribution is 0.102. The van der Waals surface area contributed by atoms with Crippen LogP contribution < -0.4 is 11.1 Å². The number of aromatic nitrogens is 1. The maximum Gasteiger partial charge on any atom is 0.255 e. The van der Waals surface area contributed by atoms with Crippen molar-refractivity contribution in [3.63, 3.8) is 0 Å². The van der Waals surface area contributed by atoms with Crippen molar-refractivity contribution in [1.29, 1.82) is 0 Å². The molecule has 0 aliphatic carbocycles. The Kier molecular flexibility index (Phi) is 3.80. The molecule has 1 heterocycles. The van der Waals surface area contributed by atoms with Gasteiger partial charge in [0.25, 0.3) is 5.91 Å². The van der Waals surface area contributed by atoms with Crippen molar-refractivity contribution in [2.45, 2.75) is 20.3 Å². The molecule has 4 nitrogen and oxygen atoms in total. The fraction of sp³-hybridized carbons (Fsp3) is 0.200. The average Bonchev–Trinajstić information content (AvgIpc) is 2.38. The molecule has 19 heavy (non-hydrogen) atoms. The summed E-state index contributed by atoms with van der Waals surface area (Å²) >= 11 is 0. The second kappa shape index (κ2) is 5.52. The summed E-state index contributed by atoms with van der Waals surface area (Å²) in [7, 11) is 0. The number of rotatable bonds is 3. The number of hydrogen-bond acceptors (Lipinski definition) is 3. The van der Waals surface area contributed by atoms with Crippen LogP contribution in [0.15, 0.2) is 36.4 Å². The van der Waals surface area contributed by atoms with E-state index in [2.05, 4.69) is 10.3 Å². The fourth-order valence-corrected chi connectivity index (χ4v) is 1.85. The van der Waals surface area contributed by atoms with E-state index in [1.165, 1.54) is 0 Å². The number of hydrogen-bond donors (Lipinski definition) is 2. The minimum atomic E-state index is -0.172. The van der Waals surface area contributed by atoms with Gasteiger partial charge in [-0.1, -0.05) is 19.1 Å². The lowest BCUT2D eigenvalue weighted by atomic mass is 10.1. The van der Waals surface area contributed by atoms with E-state index < -0.39 is 0 Å². The molecule has 0 aliphatic rings. The SMILES string of the molecule is CCc1cc(C(=O)Nc2cccc(C)c2)cc(N)n1. The van der Waals surface area contributed by atoms with Crippen LogP contribution >= 0.6 is 0 Å². The highest BCUT2D eigenvalue weighted by atomic mass is 16.1. The number of nitrogens with two attached hydrogens (primary N) is 1.